The van der Waals surface area contributed by atoms with E-state index in [1.54, 1.807) is 36.9 Å². The zero-order chi connectivity index (χ0) is 24.3. The summed E-state index contributed by atoms with van der Waals surface area (Å²) < 4.78 is 38.9. The van der Waals surface area contributed by atoms with Gasteiger partial charge in [-0.3, -0.25) is 4.79 Å². The molecular formula is C25H29N3O5S. The van der Waals surface area contributed by atoms with Gasteiger partial charge in [0, 0.05) is 26.2 Å². The van der Waals surface area contributed by atoms with Crippen molar-refractivity contribution in [3.63, 3.8) is 0 Å². The van der Waals surface area contributed by atoms with Gasteiger partial charge in [0.1, 0.15) is 22.9 Å². The van der Waals surface area contributed by atoms with Crippen LogP contribution in [0, 0.1) is 20.8 Å². The standard InChI is InChI=1S/C25H29N3O5S/c1-18-8-6-9-21(16-18)17-32-23-11-5-4-10-22(23)25(29)27-12-7-13-28(15-14-27)34(30,31)24-19(2)26-33-20(24)3/h4-6,8-11,16H,7,12-15,17H2,1-3H3. The molecule has 3 aromatic rings. The second kappa shape index (κ2) is 9.99. The minimum Gasteiger partial charge on any atom is -0.488 e. The molecular weight excluding hydrogens is 454 g/mol. The van der Waals surface area contributed by atoms with E-state index in [1.807, 2.05) is 37.3 Å². The van der Waals surface area contributed by atoms with Gasteiger partial charge in [-0.1, -0.05) is 47.1 Å². The summed E-state index contributed by atoms with van der Waals surface area (Å²) in [6, 6.07) is 15.2. The molecule has 8 nitrogen and oxygen atoms in total. The number of amides is 1. The third-order valence-corrected chi connectivity index (χ3v) is 8.05. The van der Waals surface area contributed by atoms with Crippen LogP contribution in [-0.4, -0.2) is 54.9 Å². The number of sulfonamides is 1. The Morgan fingerprint density at radius 2 is 1.82 bits per heavy atom. The van der Waals surface area contributed by atoms with Gasteiger partial charge in [0.25, 0.3) is 5.91 Å². The van der Waals surface area contributed by atoms with Crippen LogP contribution in [0.2, 0.25) is 0 Å². The van der Waals surface area contributed by atoms with Crippen LogP contribution in [-0.2, 0) is 16.6 Å². The highest BCUT2D eigenvalue weighted by molar-refractivity contribution is 7.89. The highest BCUT2D eigenvalue weighted by Gasteiger charge is 2.33. The average Bonchev–Trinajstić information content (AvgIpc) is 3.01. The lowest BCUT2D eigenvalue weighted by Crippen LogP contribution is -2.37. The molecule has 2 aromatic carbocycles. The Morgan fingerprint density at radius 1 is 1.03 bits per heavy atom. The van der Waals surface area contributed by atoms with E-state index < -0.39 is 10.0 Å². The number of rotatable bonds is 6. The number of para-hydroxylation sites is 1. The van der Waals surface area contributed by atoms with Crippen molar-refractivity contribution in [2.45, 2.75) is 38.7 Å². The van der Waals surface area contributed by atoms with E-state index in [2.05, 4.69) is 5.16 Å². The zero-order valence-corrected chi connectivity index (χ0v) is 20.5. The van der Waals surface area contributed by atoms with Crippen LogP contribution in [0.4, 0.5) is 0 Å². The minimum atomic E-state index is -3.75. The first-order chi connectivity index (χ1) is 16.3. The molecule has 0 unspecified atom stereocenters. The second-order valence-corrected chi connectivity index (χ2v) is 10.4. The summed E-state index contributed by atoms with van der Waals surface area (Å²) in [7, 11) is -3.75. The summed E-state index contributed by atoms with van der Waals surface area (Å²) in [6.45, 7) is 6.85. The molecule has 9 heteroatoms. The van der Waals surface area contributed by atoms with Gasteiger partial charge in [-0.25, -0.2) is 8.42 Å². The van der Waals surface area contributed by atoms with Gasteiger partial charge >= 0.3 is 0 Å². The van der Waals surface area contributed by atoms with E-state index in [9.17, 15) is 13.2 Å². The largest absolute Gasteiger partial charge is 0.488 e. The fourth-order valence-electron chi connectivity index (χ4n) is 4.21. The van der Waals surface area contributed by atoms with Gasteiger partial charge in [-0.2, -0.15) is 4.31 Å². The minimum absolute atomic E-state index is 0.113. The smallest absolute Gasteiger partial charge is 0.257 e. The van der Waals surface area contributed by atoms with Crippen molar-refractivity contribution < 1.29 is 22.5 Å². The van der Waals surface area contributed by atoms with Crippen molar-refractivity contribution in [1.29, 1.82) is 0 Å². The van der Waals surface area contributed by atoms with Crippen LogP contribution >= 0.6 is 0 Å². The van der Waals surface area contributed by atoms with Crippen molar-refractivity contribution in [3.05, 3.63) is 76.7 Å². The summed E-state index contributed by atoms with van der Waals surface area (Å²) in [5, 5.41) is 3.78. The number of nitrogens with zero attached hydrogens (tertiary/aromatic N) is 3. The van der Waals surface area contributed by atoms with E-state index in [0.717, 1.165) is 11.1 Å². The molecule has 1 aliphatic heterocycles. The summed E-state index contributed by atoms with van der Waals surface area (Å²) in [6.07, 6.45) is 0.528. The van der Waals surface area contributed by atoms with Gasteiger partial charge in [0.2, 0.25) is 10.0 Å². The normalized spacial score (nSPS) is 15.2. The number of carbonyl (C=O) groups is 1. The zero-order valence-electron chi connectivity index (χ0n) is 19.7. The Balaban J connectivity index is 1.47. The molecule has 1 fully saturated rings. The average molecular weight is 484 g/mol. The Labute approximate surface area is 200 Å². The molecule has 1 amide bonds. The Kier molecular flexibility index (Phi) is 7.04. The number of hydrogen-bond donors (Lipinski definition) is 0. The summed E-state index contributed by atoms with van der Waals surface area (Å²) in [4.78, 5) is 15.2. The van der Waals surface area contributed by atoms with Crippen LogP contribution in [0.1, 0.15) is 39.4 Å². The van der Waals surface area contributed by atoms with E-state index >= 15 is 0 Å². The monoisotopic (exact) mass is 483 g/mol. The molecule has 0 atom stereocenters. The third-order valence-electron chi connectivity index (χ3n) is 5.90. The lowest BCUT2D eigenvalue weighted by molar-refractivity contribution is 0.0759. The fraction of sp³-hybridized carbons (Fsp3) is 0.360. The first-order valence-electron chi connectivity index (χ1n) is 11.3. The predicted molar refractivity (Wildman–Crippen MR) is 127 cm³/mol. The molecule has 1 saturated heterocycles. The molecule has 0 saturated carbocycles. The SMILES string of the molecule is Cc1cccc(COc2ccccc2C(=O)N2CCCN(S(=O)(=O)c3c(C)noc3C)CC2)c1. The lowest BCUT2D eigenvalue weighted by atomic mass is 10.1. The molecule has 34 heavy (non-hydrogen) atoms. The number of carbonyl (C=O) groups excluding carboxylic acids is 1. The maximum Gasteiger partial charge on any atom is 0.257 e. The highest BCUT2D eigenvalue weighted by Crippen LogP contribution is 2.26. The van der Waals surface area contributed by atoms with Crippen LogP contribution in [0.5, 0.6) is 5.75 Å². The fourth-order valence-corrected chi connectivity index (χ4v) is 5.97. The summed E-state index contributed by atoms with van der Waals surface area (Å²) in [5.74, 6) is 0.615. The molecule has 0 radical (unpaired) electrons. The molecule has 4 rings (SSSR count). The van der Waals surface area contributed by atoms with E-state index in [-0.39, 0.29) is 29.7 Å². The first kappa shape index (κ1) is 24.0. The van der Waals surface area contributed by atoms with Gasteiger partial charge in [0.05, 0.1) is 5.56 Å². The quantitative estimate of drug-likeness (QED) is 0.531. The molecule has 0 bridgehead atoms. The molecule has 1 aliphatic rings. The third kappa shape index (κ3) is 5.00. The molecule has 180 valence electrons. The maximum absolute atomic E-state index is 13.4. The van der Waals surface area contributed by atoms with E-state index in [4.69, 9.17) is 9.26 Å². The number of aromatic nitrogens is 1. The Morgan fingerprint density at radius 3 is 2.56 bits per heavy atom. The van der Waals surface area contributed by atoms with Crippen LogP contribution in [0.25, 0.3) is 0 Å². The molecule has 0 spiro atoms. The maximum atomic E-state index is 13.4. The van der Waals surface area contributed by atoms with Crippen molar-refractivity contribution >= 4 is 15.9 Å². The van der Waals surface area contributed by atoms with Crippen molar-refractivity contribution in [3.8, 4) is 5.75 Å². The highest BCUT2D eigenvalue weighted by atomic mass is 32.2. The van der Waals surface area contributed by atoms with Crippen LogP contribution < -0.4 is 4.74 Å². The van der Waals surface area contributed by atoms with Crippen molar-refractivity contribution in [2.24, 2.45) is 0 Å². The van der Waals surface area contributed by atoms with Crippen molar-refractivity contribution in [1.82, 2.24) is 14.4 Å². The molecule has 2 heterocycles. The van der Waals surface area contributed by atoms with Crippen molar-refractivity contribution in [2.75, 3.05) is 26.2 Å². The summed E-state index contributed by atoms with van der Waals surface area (Å²) in [5.41, 5.74) is 2.98. The number of aryl methyl sites for hydroxylation is 3. The van der Waals surface area contributed by atoms with E-state index in [1.165, 1.54) is 4.31 Å². The van der Waals surface area contributed by atoms with Gasteiger partial charge < -0.3 is 14.2 Å². The number of hydrogen-bond acceptors (Lipinski definition) is 6. The van der Waals surface area contributed by atoms with Gasteiger partial charge in [-0.15, -0.1) is 0 Å². The predicted octanol–water partition coefficient (Wildman–Crippen LogP) is 3.72. The van der Waals surface area contributed by atoms with Gasteiger partial charge in [-0.05, 0) is 44.9 Å². The summed E-state index contributed by atoms with van der Waals surface area (Å²) >= 11 is 0. The first-order valence-corrected chi connectivity index (χ1v) is 12.7. The Bertz CT molecular complexity index is 1270. The second-order valence-electron chi connectivity index (χ2n) is 8.48. The van der Waals surface area contributed by atoms with Gasteiger partial charge in [0.15, 0.2) is 5.76 Å². The van der Waals surface area contributed by atoms with E-state index in [0.29, 0.717) is 43.1 Å². The molecule has 1 aromatic heterocycles. The number of ether oxygens (including phenoxy) is 1. The lowest BCUT2D eigenvalue weighted by Gasteiger charge is -2.23. The Hall–Kier alpha value is -3.17. The molecule has 0 N–H and O–H groups in total. The number of benzene rings is 2. The molecule has 0 aliphatic carbocycles. The van der Waals surface area contributed by atoms with Crippen LogP contribution in [0.3, 0.4) is 0 Å². The topological polar surface area (TPSA) is 93.0 Å². The van der Waals surface area contributed by atoms with Crippen LogP contribution in [0.15, 0.2) is 57.9 Å².